The van der Waals surface area contributed by atoms with E-state index >= 15 is 0 Å². The van der Waals surface area contributed by atoms with E-state index in [0.29, 0.717) is 0 Å². The minimum Gasteiger partial charge on any atom is -0.478 e. The van der Waals surface area contributed by atoms with Crippen LogP contribution in [0.2, 0.25) is 0 Å². The quantitative estimate of drug-likeness (QED) is 0.451. The Bertz CT molecular complexity index is 397. The summed E-state index contributed by atoms with van der Waals surface area (Å²) < 4.78 is 4.97. The van der Waals surface area contributed by atoms with E-state index in [9.17, 15) is 15.0 Å². The van der Waals surface area contributed by atoms with Crippen LogP contribution >= 0.6 is 0 Å². The number of furan rings is 1. The van der Waals surface area contributed by atoms with Crippen LogP contribution in [-0.4, -0.2) is 50.3 Å². The van der Waals surface area contributed by atoms with Crippen molar-refractivity contribution in [1.29, 1.82) is 0 Å². The zero-order valence-electron chi connectivity index (χ0n) is 9.07. The van der Waals surface area contributed by atoms with E-state index in [4.69, 9.17) is 19.7 Å². The highest BCUT2D eigenvalue weighted by molar-refractivity contribution is 5.88. The van der Waals surface area contributed by atoms with Gasteiger partial charge in [0.05, 0.1) is 6.61 Å². The molecule has 0 aliphatic heterocycles. The van der Waals surface area contributed by atoms with E-state index in [1.165, 1.54) is 6.92 Å². The molecule has 0 aliphatic rings. The first-order chi connectivity index (χ1) is 7.88. The summed E-state index contributed by atoms with van der Waals surface area (Å²) in [5.74, 6) is -1.32. The SMILES string of the molecule is Cc1oc([C@@H](O)[C@H](O)[C@@H](O)CO)cc1C(=O)O. The Morgan fingerprint density at radius 1 is 1.41 bits per heavy atom. The summed E-state index contributed by atoms with van der Waals surface area (Å²) >= 11 is 0. The highest BCUT2D eigenvalue weighted by Crippen LogP contribution is 2.24. The zero-order chi connectivity index (χ0) is 13.2. The average Bonchev–Trinajstić information content (AvgIpc) is 2.68. The smallest absolute Gasteiger partial charge is 0.339 e. The van der Waals surface area contributed by atoms with E-state index in [2.05, 4.69) is 0 Å². The number of rotatable bonds is 5. The summed E-state index contributed by atoms with van der Waals surface area (Å²) in [6.07, 6.45) is -4.81. The molecule has 7 nitrogen and oxygen atoms in total. The van der Waals surface area contributed by atoms with Crippen LogP contribution < -0.4 is 0 Å². The number of hydrogen-bond acceptors (Lipinski definition) is 6. The van der Waals surface area contributed by atoms with Crippen LogP contribution in [-0.2, 0) is 0 Å². The number of carbonyl (C=O) groups is 1. The van der Waals surface area contributed by atoms with Gasteiger partial charge in [-0.25, -0.2) is 4.79 Å². The molecule has 0 saturated heterocycles. The lowest BCUT2D eigenvalue weighted by Gasteiger charge is -2.19. The number of aromatic carboxylic acids is 1. The van der Waals surface area contributed by atoms with Gasteiger partial charge in [0.1, 0.15) is 35.4 Å². The highest BCUT2D eigenvalue weighted by atomic mass is 16.4. The third-order valence-electron chi connectivity index (χ3n) is 2.36. The monoisotopic (exact) mass is 246 g/mol. The van der Waals surface area contributed by atoms with Gasteiger partial charge in [0.15, 0.2) is 0 Å². The number of aryl methyl sites for hydroxylation is 1. The summed E-state index contributed by atoms with van der Waals surface area (Å²) in [5, 5.41) is 45.5. The number of carboxylic acids is 1. The van der Waals surface area contributed by atoms with Crippen molar-refractivity contribution in [1.82, 2.24) is 0 Å². The van der Waals surface area contributed by atoms with Crippen LogP contribution in [0.5, 0.6) is 0 Å². The molecule has 17 heavy (non-hydrogen) atoms. The Kier molecular flexibility index (Phi) is 4.24. The second kappa shape index (κ2) is 5.28. The second-order valence-electron chi connectivity index (χ2n) is 3.61. The average molecular weight is 246 g/mol. The van der Waals surface area contributed by atoms with E-state index in [1.54, 1.807) is 0 Å². The summed E-state index contributed by atoms with van der Waals surface area (Å²) in [5.41, 5.74) is -0.135. The standard InChI is InChI=1S/C10H14O7/c1-4-5(10(15)16)2-7(17-4)9(14)8(13)6(12)3-11/h2,6,8-9,11-14H,3H2,1H3,(H,15,16)/t6-,8+,9+/m0/s1. The molecule has 7 heteroatoms. The number of carboxylic acid groups (broad SMARTS) is 1. The lowest BCUT2D eigenvalue weighted by Crippen LogP contribution is -2.34. The molecule has 0 fully saturated rings. The minimum atomic E-state index is -1.66. The van der Waals surface area contributed by atoms with Crippen molar-refractivity contribution in [3.63, 3.8) is 0 Å². The van der Waals surface area contributed by atoms with Crippen molar-refractivity contribution in [2.75, 3.05) is 6.61 Å². The molecule has 0 amide bonds. The van der Waals surface area contributed by atoms with Crippen molar-refractivity contribution in [3.8, 4) is 0 Å². The van der Waals surface area contributed by atoms with Crippen LogP contribution in [0, 0.1) is 6.92 Å². The first-order valence-corrected chi connectivity index (χ1v) is 4.87. The molecule has 1 aromatic rings. The molecule has 1 heterocycles. The Morgan fingerprint density at radius 2 is 2.00 bits per heavy atom. The molecule has 3 atom stereocenters. The number of aliphatic hydroxyl groups excluding tert-OH is 4. The topological polar surface area (TPSA) is 131 Å². The van der Waals surface area contributed by atoms with E-state index < -0.39 is 30.9 Å². The van der Waals surface area contributed by atoms with Crippen molar-refractivity contribution in [2.24, 2.45) is 0 Å². The molecule has 0 unspecified atom stereocenters. The molecule has 1 rings (SSSR count). The van der Waals surface area contributed by atoms with Crippen LogP contribution in [0.3, 0.4) is 0 Å². The van der Waals surface area contributed by atoms with Gasteiger partial charge in [-0.3, -0.25) is 0 Å². The fraction of sp³-hybridized carbons (Fsp3) is 0.500. The normalized spacial score (nSPS) is 16.5. The molecule has 0 bridgehead atoms. The third-order valence-corrected chi connectivity index (χ3v) is 2.36. The fourth-order valence-corrected chi connectivity index (χ4v) is 1.35. The fourth-order valence-electron chi connectivity index (χ4n) is 1.35. The lowest BCUT2D eigenvalue weighted by molar-refractivity contribution is -0.0837. The predicted octanol–water partition coefficient (Wildman–Crippen LogP) is -0.966. The van der Waals surface area contributed by atoms with Gasteiger partial charge < -0.3 is 29.9 Å². The largest absolute Gasteiger partial charge is 0.478 e. The third kappa shape index (κ3) is 2.83. The Hall–Kier alpha value is -1.41. The van der Waals surface area contributed by atoms with E-state index in [1.807, 2.05) is 0 Å². The molecule has 0 radical (unpaired) electrons. The molecule has 0 aliphatic carbocycles. The highest BCUT2D eigenvalue weighted by Gasteiger charge is 2.29. The molecular weight excluding hydrogens is 232 g/mol. The van der Waals surface area contributed by atoms with E-state index in [-0.39, 0.29) is 17.1 Å². The number of aliphatic hydroxyl groups is 4. The van der Waals surface area contributed by atoms with Crippen molar-refractivity contribution < 1.29 is 34.7 Å². The van der Waals surface area contributed by atoms with Crippen molar-refractivity contribution >= 4 is 5.97 Å². The molecule has 5 N–H and O–H groups in total. The summed E-state index contributed by atoms with van der Waals surface area (Å²) in [7, 11) is 0. The summed E-state index contributed by atoms with van der Waals surface area (Å²) in [6.45, 7) is 0.665. The summed E-state index contributed by atoms with van der Waals surface area (Å²) in [6, 6.07) is 1.07. The maximum atomic E-state index is 10.7. The van der Waals surface area contributed by atoms with Gasteiger partial charge in [0, 0.05) is 0 Å². The minimum absolute atomic E-state index is 0.0808. The molecule has 0 aromatic carbocycles. The van der Waals surface area contributed by atoms with E-state index in [0.717, 1.165) is 6.07 Å². The van der Waals surface area contributed by atoms with Crippen molar-refractivity contribution in [3.05, 3.63) is 23.2 Å². The molecular formula is C10H14O7. The Labute approximate surface area is 96.5 Å². The van der Waals surface area contributed by atoms with Crippen molar-refractivity contribution in [2.45, 2.75) is 25.2 Å². The van der Waals surface area contributed by atoms with Gasteiger partial charge >= 0.3 is 5.97 Å². The number of hydrogen-bond donors (Lipinski definition) is 5. The van der Waals surface area contributed by atoms with Gasteiger partial charge in [0.25, 0.3) is 0 Å². The maximum absolute atomic E-state index is 10.7. The molecule has 0 spiro atoms. The van der Waals surface area contributed by atoms with Gasteiger partial charge in [0.2, 0.25) is 0 Å². The predicted molar refractivity (Wildman–Crippen MR) is 54.5 cm³/mol. The first-order valence-electron chi connectivity index (χ1n) is 4.87. The zero-order valence-corrected chi connectivity index (χ0v) is 9.07. The molecule has 1 aromatic heterocycles. The Morgan fingerprint density at radius 3 is 2.41 bits per heavy atom. The maximum Gasteiger partial charge on any atom is 0.339 e. The lowest BCUT2D eigenvalue weighted by atomic mass is 10.1. The van der Waals surface area contributed by atoms with Gasteiger partial charge in [-0.1, -0.05) is 0 Å². The Balaban J connectivity index is 2.93. The van der Waals surface area contributed by atoms with Crippen LogP contribution in [0.15, 0.2) is 10.5 Å². The second-order valence-corrected chi connectivity index (χ2v) is 3.61. The van der Waals surface area contributed by atoms with Gasteiger partial charge in [-0.05, 0) is 13.0 Å². The molecule has 96 valence electrons. The first kappa shape index (κ1) is 13.7. The van der Waals surface area contributed by atoms with Crippen LogP contribution in [0.25, 0.3) is 0 Å². The molecule has 0 saturated carbocycles. The van der Waals surface area contributed by atoms with Crippen LogP contribution in [0.4, 0.5) is 0 Å². The van der Waals surface area contributed by atoms with Gasteiger partial charge in [-0.15, -0.1) is 0 Å². The van der Waals surface area contributed by atoms with Gasteiger partial charge in [-0.2, -0.15) is 0 Å². The summed E-state index contributed by atoms with van der Waals surface area (Å²) in [4.78, 5) is 10.7. The van der Waals surface area contributed by atoms with Crippen LogP contribution in [0.1, 0.15) is 28.0 Å².